The summed E-state index contributed by atoms with van der Waals surface area (Å²) in [5, 5.41) is 0.414. The van der Waals surface area contributed by atoms with E-state index in [1.165, 1.54) is 33.5 Å². The van der Waals surface area contributed by atoms with Crippen molar-refractivity contribution in [3.63, 3.8) is 0 Å². The van der Waals surface area contributed by atoms with Gasteiger partial charge in [0.15, 0.2) is 28.7 Å². The van der Waals surface area contributed by atoms with Crippen LogP contribution in [-0.4, -0.2) is 45.8 Å². The smallest absolute Gasteiger partial charge is 0.363 e. The van der Waals surface area contributed by atoms with Gasteiger partial charge in [0, 0.05) is 0 Å². The third kappa shape index (κ3) is 5.57. The zero-order chi connectivity index (χ0) is 27.2. The highest BCUT2D eigenvalue weighted by Gasteiger charge is 2.26. The number of cyclic esters (lactones) is 1. The lowest BCUT2D eigenvalue weighted by molar-refractivity contribution is -0.129. The third-order valence-electron chi connectivity index (χ3n) is 5.40. The quantitative estimate of drug-likeness (QED) is 0.205. The number of benzene rings is 3. The minimum Gasteiger partial charge on any atom is -0.493 e. The van der Waals surface area contributed by atoms with Gasteiger partial charge in [0.25, 0.3) is 0 Å². The predicted octanol–water partition coefficient (Wildman–Crippen LogP) is 5.33. The summed E-state index contributed by atoms with van der Waals surface area (Å²) in [6, 6.07) is 14.8. The summed E-state index contributed by atoms with van der Waals surface area (Å²) in [5.41, 5.74) is 1.36. The highest BCUT2D eigenvalue weighted by atomic mass is 35.5. The molecule has 0 amide bonds. The van der Waals surface area contributed by atoms with Crippen LogP contribution in [0.1, 0.15) is 28.4 Å². The van der Waals surface area contributed by atoms with Gasteiger partial charge in [-0.3, -0.25) is 0 Å². The van der Waals surface area contributed by atoms with Crippen LogP contribution in [0.3, 0.4) is 0 Å². The molecule has 0 aromatic heterocycles. The lowest BCUT2D eigenvalue weighted by atomic mass is 10.1. The van der Waals surface area contributed by atoms with E-state index >= 15 is 0 Å². The molecule has 4 rings (SSSR count). The van der Waals surface area contributed by atoms with Crippen LogP contribution in [0.5, 0.6) is 28.7 Å². The Labute approximate surface area is 224 Å². The Hall–Kier alpha value is -4.50. The first-order chi connectivity index (χ1) is 18.4. The molecular weight excluding hydrogens is 514 g/mol. The maximum Gasteiger partial charge on any atom is 0.363 e. The number of rotatable bonds is 9. The van der Waals surface area contributed by atoms with Gasteiger partial charge in [0.05, 0.1) is 44.1 Å². The molecule has 9 nitrogen and oxygen atoms in total. The number of methoxy groups -OCH3 is 3. The molecule has 1 aliphatic rings. The Morgan fingerprint density at radius 2 is 1.66 bits per heavy atom. The molecule has 0 bridgehead atoms. The molecule has 0 saturated carbocycles. The second-order valence-electron chi connectivity index (χ2n) is 7.76. The van der Waals surface area contributed by atoms with Crippen molar-refractivity contribution in [3.05, 3.63) is 82.0 Å². The number of ether oxygens (including phenoxy) is 6. The number of hydrogen-bond acceptors (Lipinski definition) is 9. The molecule has 1 heterocycles. The largest absolute Gasteiger partial charge is 0.493 e. The summed E-state index contributed by atoms with van der Waals surface area (Å²) in [7, 11) is 4.38. The monoisotopic (exact) mass is 537 g/mol. The number of carbonyl (C=O) groups is 2. The van der Waals surface area contributed by atoms with Gasteiger partial charge in [0.1, 0.15) is 0 Å². The second-order valence-corrected chi connectivity index (χ2v) is 8.17. The molecule has 38 heavy (non-hydrogen) atoms. The maximum absolute atomic E-state index is 13.0. The number of hydrogen-bond donors (Lipinski definition) is 0. The van der Waals surface area contributed by atoms with Crippen molar-refractivity contribution < 1.29 is 38.0 Å². The van der Waals surface area contributed by atoms with Gasteiger partial charge in [-0.15, -0.1) is 0 Å². The zero-order valence-corrected chi connectivity index (χ0v) is 21.8. The van der Waals surface area contributed by atoms with Gasteiger partial charge in [-0.2, -0.15) is 0 Å². The molecular formula is C28H24ClNO8. The van der Waals surface area contributed by atoms with Crippen LogP contribution >= 0.6 is 11.6 Å². The maximum atomic E-state index is 13.0. The summed E-state index contributed by atoms with van der Waals surface area (Å²) < 4.78 is 32.5. The molecule has 0 unspecified atom stereocenters. The van der Waals surface area contributed by atoms with E-state index < -0.39 is 11.9 Å². The Morgan fingerprint density at radius 3 is 2.29 bits per heavy atom. The first kappa shape index (κ1) is 26.6. The summed E-state index contributed by atoms with van der Waals surface area (Å²) in [4.78, 5) is 29.7. The molecule has 0 saturated heterocycles. The molecule has 0 atom stereocenters. The van der Waals surface area contributed by atoms with Gasteiger partial charge in [0.2, 0.25) is 11.6 Å². The molecule has 1 aliphatic heterocycles. The van der Waals surface area contributed by atoms with E-state index in [4.69, 9.17) is 40.0 Å². The zero-order valence-electron chi connectivity index (χ0n) is 21.1. The fourth-order valence-corrected chi connectivity index (χ4v) is 3.86. The molecule has 10 heteroatoms. The Kier molecular flexibility index (Phi) is 8.18. The molecule has 0 aliphatic carbocycles. The first-order valence-electron chi connectivity index (χ1n) is 11.4. The van der Waals surface area contributed by atoms with Crippen LogP contribution in [0.15, 0.2) is 65.3 Å². The molecule has 3 aromatic rings. The second kappa shape index (κ2) is 11.7. The number of nitrogens with zero attached hydrogens (tertiary/aromatic N) is 1. The van der Waals surface area contributed by atoms with Gasteiger partial charge in [-0.05, 0) is 55.0 Å². The van der Waals surface area contributed by atoms with Crippen LogP contribution < -0.4 is 23.7 Å². The fraction of sp³-hybridized carbons (Fsp3) is 0.179. The minimum atomic E-state index is -0.662. The van der Waals surface area contributed by atoms with Crippen LogP contribution in [0, 0.1) is 0 Å². The summed E-state index contributed by atoms with van der Waals surface area (Å²) in [6.07, 6.45) is 1.54. The fourth-order valence-electron chi connectivity index (χ4n) is 3.64. The average Bonchev–Trinajstić information content (AvgIpc) is 3.28. The van der Waals surface area contributed by atoms with E-state index in [0.29, 0.717) is 45.8 Å². The predicted molar refractivity (Wildman–Crippen MR) is 141 cm³/mol. The molecule has 0 N–H and O–H groups in total. The lowest BCUT2D eigenvalue weighted by Crippen LogP contribution is -2.11. The summed E-state index contributed by atoms with van der Waals surface area (Å²) in [5.74, 6) is 0.293. The van der Waals surface area contributed by atoms with E-state index in [0.717, 1.165) is 0 Å². The van der Waals surface area contributed by atoms with E-state index in [9.17, 15) is 9.59 Å². The van der Waals surface area contributed by atoms with Crippen LogP contribution in [-0.2, 0) is 9.53 Å². The van der Waals surface area contributed by atoms with Gasteiger partial charge in [-0.1, -0.05) is 29.8 Å². The normalized spacial score (nSPS) is 13.6. The van der Waals surface area contributed by atoms with E-state index in [2.05, 4.69) is 4.99 Å². The van der Waals surface area contributed by atoms with Crippen LogP contribution in [0.2, 0.25) is 5.02 Å². The van der Waals surface area contributed by atoms with E-state index in [1.807, 2.05) is 0 Å². The number of carbonyl (C=O) groups excluding carboxylic acids is 2. The highest BCUT2D eigenvalue weighted by molar-refractivity contribution is 6.34. The third-order valence-corrected chi connectivity index (χ3v) is 5.73. The standard InChI is InChI=1S/C28H24ClNO8/c1-5-36-22-13-16(12-20-28(32)38-26(30-20)18-8-6-7-9-19(18)29)10-11-21(22)37-27(31)17-14-23(33-2)25(35-4)24(15-17)34-3/h6-15H,5H2,1-4H3/b20-12-. The highest BCUT2D eigenvalue weighted by Crippen LogP contribution is 2.39. The summed E-state index contributed by atoms with van der Waals surface area (Å²) >= 11 is 6.20. The van der Waals surface area contributed by atoms with Crippen molar-refractivity contribution >= 4 is 35.5 Å². The summed E-state index contributed by atoms with van der Waals surface area (Å²) in [6.45, 7) is 2.11. The van der Waals surface area contributed by atoms with Crippen molar-refractivity contribution in [2.24, 2.45) is 4.99 Å². The van der Waals surface area contributed by atoms with Crippen molar-refractivity contribution in [2.45, 2.75) is 6.92 Å². The lowest BCUT2D eigenvalue weighted by Gasteiger charge is -2.15. The molecule has 0 spiro atoms. The number of aliphatic imine (C=N–C) groups is 1. The van der Waals surface area contributed by atoms with Gasteiger partial charge < -0.3 is 28.4 Å². The Balaban J connectivity index is 1.62. The van der Waals surface area contributed by atoms with E-state index in [-0.39, 0.29) is 22.9 Å². The van der Waals surface area contributed by atoms with Gasteiger partial charge >= 0.3 is 11.9 Å². The van der Waals surface area contributed by atoms with Crippen molar-refractivity contribution in [2.75, 3.05) is 27.9 Å². The topological polar surface area (TPSA) is 102 Å². The molecule has 196 valence electrons. The SMILES string of the molecule is CCOc1cc(/C=C2\N=C(c3ccccc3Cl)OC2=O)ccc1OC(=O)c1cc(OC)c(OC)c(OC)c1. The average molecular weight is 538 g/mol. The minimum absolute atomic E-state index is 0.0875. The molecule has 0 radical (unpaired) electrons. The number of halogens is 1. The molecule has 0 fully saturated rings. The Morgan fingerprint density at radius 1 is 0.947 bits per heavy atom. The first-order valence-corrected chi connectivity index (χ1v) is 11.8. The molecule has 3 aromatic carbocycles. The van der Waals surface area contributed by atoms with Crippen molar-refractivity contribution in [1.82, 2.24) is 0 Å². The van der Waals surface area contributed by atoms with Crippen molar-refractivity contribution in [1.29, 1.82) is 0 Å². The van der Waals surface area contributed by atoms with Crippen molar-refractivity contribution in [3.8, 4) is 28.7 Å². The van der Waals surface area contributed by atoms with E-state index in [1.54, 1.807) is 55.5 Å². The Bertz CT molecular complexity index is 1420. The van der Waals surface area contributed by atoms with Gasteiger partial charge in [-0.25, -0.2) is 14.6 Å². The number of esters is 2. The van der Waals surface area contributed by atoms with Crippen LogP contribution in [0.25, 0.3) is 6.08 Å². The van der Waals surface area contributed by atoms with Crippen LogP contribution in [0.4, 0.5) is 0 Å².